The van der Waals surface area contributed by atoms with Gasteiger partial charge in [-0.1, -0.05) is 61.9 Å². The van der Waals surface area contributed by atoms with E-state index < -0.39 is 52.4 Å². The van der Waals surface area contributed by atoms with Crippen LogP contribution in [0.5, 0.6) is 5.88 Å². The zero-order chi connectivity index (χ0) is 35.3. The van der Waals surface area contributed by atoms with Gasteiger partial charge in [0.1, 0.15) is 12.2 Å². The average Bonchev–Trinajstić information content (AvgIpc) is 3.61. The first-order valence-corrected chi connectivity index (χ1v) is 16.8. The predicted octanol–water partition coefficient (Wildman–Crippen LogP) is 3.14. The van der Waals surface area contributed by atoms with Crippen molar-refractivity contribution in [2.24, 2.45) is 40.6 Å². The monoisotopic (exact) mass is 668 g/mol. The first kappa shape index (κ1) is 33.3. The first-order valence-electron chi connectivity index (χ1n) is 16.8. The molecule has 49 heavy (non-hydrogen) atoms. The molecule has 0 spiro atoms. The summed E-state index contributed by atoms with van der Waals surface area (Å²) < 4.78 is 18.5. The largest absolute Gasteiger partial charge is 0.494 e. The van der Waals surface area contributed by atoms with Crippen molar-refractivity contribution in [3.8, 4) is 5.88 Å². The number of benzene rings is 2. The molecule has 3 saturated carbocycles. The minimum absolute atomic E-state index is 0.0676. The van der Waals surface area contributed by atoms with Gasteiger partial charge in [-0.2, -0.15) is 0 Å². The van der Waals surface area contributed by atoms with Gasteiger partial charge in [-0.25, -0.2) is 9.38 Å². The number of nitrogens with zero attached hydrogens (tertiary/aromatic N) is 2. The smallest absolute Gasteiger partial charge is 0.279 e. The number of hydrogen-bond acceptors (Lipinski definition) is 7. The fraction of sp³-hybridized carbons (Fsp3) is 0.436. The Kier molecular flexibility index (Phi) is 7.56. The number of aromatic nitrogens is 1. The summed E-state index contributed by atoms with van der Waals surface area (Å²) in [5.41, 5.74) is -3.25. The fourth-order valence-electron chi connectivity index (χ4n) is 10.2. The Balaban J connectivity index is 0.000000160. The van der Waals surface area contributed by atoms with Crippen LogP contribution in [0, 0.1) is 28.6 Å². The Morgan fingerprint density at radius 3 is 2.51 bits per heavy atom. The zero-order valence-corrected chi connectivity index (χ0v) is 28.0. The van der Waals surface area contributed by atoms with Crippen LogP contribution in [0.4, 0.5) is 4.39 Å². The molecule has 1 aliphatic heterocycles. The highest BCUT2D eigenvalue weighted by molar-refractivity contribution is 6.25. The summed E-state index contributed by atoms with van der Waals surface area (Å²) in [6, 6.07) is 15.0. The average molecular weight is 669 g/mol. The van der Waals surface area contributed by atoms with E-state index in [1.807, 2.05) is 48.5 Å². The highest BCUT2D eigenvalue weighted by Gasteiger charge is 2.75. The molecule has 3 fully saturated rings. The van der Waals surface area contributed by atoms with Crippen LogP contribution in [0.2, 0.25) is 0 Å². The number of allylic oxidation sites excluding steroid dienone is 4. The number of alkyl halides is 1. The van der Waals surface area contributed by atoms with E-state index in [-0.39, 0.29) is 29.9 Å². The first-order chi connectivity index (χ1) is 23.1. The Hall–Kier alpha value is -4.25. The SMILES string of the molecule is C[C@@H]1C[C@H]2[C@@H]3CCC4=CC(=O)C=C[C@]4(C)[C@@]3(F)[C@@H](O)C[C@]2(C)[C@@]1(O)C(=O)CO.Cn1c(O)c(C2=c3ccccc3=NC2=O)c2ccccc21. The third kappa shape index (κ3) is 4.26. The number of halogens is 1. The number of aromatic hydroxyl groups is 1. The maximum Gasteiger partial charge on any atom is 0.279 e. The normalized spacial score (nSPS) is 35.8. The third-order valence-corrected chi connectivity index (χ3v) is 12.7. The molecule has 256 valence electrons. The van der Waals surface area contributed by atoms with Gasteiger partial charge in [-0.05, 0) is 68.7 Å². The molecule has 0 radical (unpaired) electrons. The number of rotatable bonds is 3. The maximum atomic E-state index is 16.9. The van der Waals surface area contributed by atoms with Crippen molar-refractivity contribution in [3.63, 3.8) is 0 Å². The summed E-state index contributed by atoms with van der Waals surface area (Å²) in [6.45, 7) is 4.48. The zero-order valence-electron chi connectivity index (χ0n) is 28.0. The molecule has 1 amide bonds. The number of amides is 1. The van der Waals surface area contributed by atoms with E-state index in [1.54, 1.807) is 38.5 Å². The summed E-state index contributed by atoms with van der Waals surface area (Å²) in [7, 11) is 1.78. The number of hydrogen-bond donors (Lipinski definition) is 4. The number of ketones is 2. The molecule has 0 unspecified atom stereocenters. The van der Waals surface area contributed by atoms with Crippen LogP contribution in [0.3, 0.4) is 0 Å². The molecule has 0 bridgehead atoms. The number of para-hydroxylation sites is 2. The Bertz CT molecular complexity index is 2140. The molecule has 5 aliphatic rings. The van der Waals surface area contributed by atoms with Crippen LogP contribution >= 0.6 is 0 Å². The van der Waals surface area contributed by atoms with Gasteiger partial charge in [0.15, 0.2) is 23.1 Å². The van der Waals surface area contributed by atoms with E-state index >= 15 is 4.39 Å². The molecular formula is C39H41FN2O7. The minimum Gasteiger partial charge on any atom is -0.494 e. The number of carbonyl (C=O) groups excluding carboxylic acids is 3. The molecule has 2 aromatic carbocycles. The molecule has 2 heterocycles. The van der Waals surface area contributed by atoms with Gasteiger partial charge < -0.3 is 25.0 Å². The van der Waals surface area contributed by atoms with Crippen molar-refractivity contribution in [1.29, 1.82) is 0 Å². The van der Waals surface area contributed by atoms with Crippen LogP contribution in [0.25, 0.3) is 16.5 Å². The Labute approximate surface area is 282 Å². The van der Waals surface area contributed by atoms with Gasteiger partial charge in [0.05, 0.1) is 28.1 Å². The lowest BCUT2D eigenvalue weighted by Gasteiger charge is -2.62. The number of carbonyl (C=O) groups is 3. The predicted molar refractivity (Wildman–Crippen MR) is 179 cm³/mol. The van der Waals surface area contributed by atoms with Gasteiger partial charge >= 0.3 is 0 Å². The molecule has 10 heteroatoms. The number of Topliss-reactive ketones (excluding diaryl/α,β-unsaturated/α-hetero) is 1. The van der Waals surface area contributed by atoms with E-state index in [4.69, 9.17) is 0 Å². The lowest BCUT2D eigenvalue weighted by atomic mass is 9.44. The summed E-state index contributed by atoms with van der Waals surface area (Å²) in [5, 5.41) is 44.7. The van der Waals surface area contributed by atoms with E-state index in [2.05, 4.69) is 4.99 Å². The van der Waals surface area contributed by atoms with Crippen molar-refractivity contribution in [2.75, 3.05) is 6.61 Å². The van der Waals surface area contributed by atoms with Crippen LogP contribution < -0.4 is 10.6 Å². The topological polar surface area (TPSA) is 149 Å². The van der Waals surface area contributed by atoms with E-state index in [0.29, 0.717) is 41.3 Å². The van der Waals surface area contributed by atoms with Crippen molar-refractivity contribution >= 4 is 33.9 Å². The van der Waals surface area contributed by atoms with Crippen molar-refractivity contribution < 1.29 is 39.2 Å². The van der Waals surface area contributed by atoms with Crippen LogP contribution in [0.15, 0.2) is 77.3 Å². The standard InChI is InChI=1S/C22H29FO5.C17H12N2O2/c1-12-8-16-15-5-4-13-9-14(25)6-7-19(13,2)21(15,23)17(26)10-20(16,3)22(12,28)18(27)11-24;1-19-13-9-5-3-7-11(13)15(17(19)21)14-10-6-2-4-8-12(10)18-16(14)20/h6-7,9,12,15-17,24,26,28H,4-5,8,10-11H2,1-3H3;2-9,21H,1H3/t12-,15+,16+,17+,19+,20+,21+,22+;/m1./s1. The minimum atomic E-state index is -1.98. The van der Waals surface area contributed by atoms with E-state index in [1.165, 1.54) is 12.2 Å². The summed E-state index contributed by atoms with van der Waals surface area (Å²) >= 11 is 0. The van der Waals surface area contributed by atoms with Crippen LogP contribution in [0.1, 0.15) is 52.0 Å². The molecule has 8 rings (SSSR count). The number of aliphatic hydroxyl groups excluding tert-OH is 2. The van der Waals surface area contributed by atoms with Gasteiger partial charge in [-0.3, -0.25) is 14.4 Å². The van der Waals surface area contributed by atoms with E-state index in [9.17, 15) is 34.8 Å². The van der Waals surface area contributed by atoms with Crippen LogP contribution in [-0.2, 0) is 21.4 Å². The van der Waals surface area contributed by atoms with Gasteiger partial charge in [0.25, 0.3) is 5.91 Å². The van der Waals surface area contributed by atoms with Gasteiger partial charge in [0.2, 0.25) is 0 Å². The summed E-state index contributed by atoms with van der Waals surface area (Å²) in [5.74, 6) is -2.33. The molecule has 8 atom stereocenters. The van der Waals surface area contributed by atoms with Crippen LogP contribution in [-0.4, -0.2) is 66.4 Å². The molecular weight excluding hydrogens is 627 g/mol. The highest BCUT2D eigenvalue weighted by Crippen LogP contribution is 2.70. The highest BCUT2D eigenvalue weighted by atomic mass is 19.1. The third-order valence-electron chi connectivity index (χ3n) is 12.7. The maximum absolute atomic E-state index is 16.9. The van der Waals surface area contributed by atoms with Gasteiger partial charge in [0, 0.05) is 34.4 Å². The summed E-state index contributed by atoms with van der Waals surface area (Å²) in [4.78, 5) is 40.8. The second-order valence-corrected chi connectivity index (χ2v) is 14.8. The lowest BCUT2D eigenvalue weighted by molar-refractivity contribution is -0.219. The van der Waals surface area contributed by atoms with Crippen molar-refractivity contribution in [1.82, 2.24) is 4.57 Å². The number of aryl methyl sites for hydroxylation is 1. The Morgan fingerprint density at radius 2 is 1.78 bits per heavy atom. The quantitative estimate of drug-likeness (QED) is 0.335. The number of aliphatic hydroxyl groups is 3. The summed E-state index contributed by atoms with van der Waals surface area (Å²) in [6.07, 6.45) is 4.44. The molecule has 0 saturated heterocycles. The molecule has 4 aliphatic carbocycles. The molecule has 1 aromatic heterocycles. The second kappa shape index (κ2) is 11.1. The Morgan fingerprint density at radius 1 is 1.08 bits per heavy atom. The van der Waals surface area contributed by atoms with E-state index in [0.717, 1.165) is 16.1 Å². The second-order valence-electron chi connectivity index (χ2n) is 14.8. The molecule has 4 N–H and O–H groups in total. The lowest BCUT2D eigenvalue weighted by Crippen LogP contribution is -2.69. The van der Waals surface area contributed by atoms with Gasteiger partial charge in [-0.15, -0.1) is 0 Å². The molecule has 9 nitrogen and oxygen atoms in total. The van der Waals surface area contributed by atoms with Crippen molar-refractivity contribution in [3.05, 3.63) is 88.5 Å². The van der Waals surface area contributed by atoms with Crippen molar-refractivity contribution in [2.45, 2.75) is 63.8 Å². The number of fused-ring (bicyclic) bond motifs is 7. The molecule has 3 aromatic rings. The fourth-order valence-corrected chi connectivity index (χ4v) is 10.2.